The molecule has 0 saturated heterocycles. The number of carbonyl (C=O) groups excluding carboxylic acids is 3. The van der Waals surface area contributed by atoms with Crippen LogP contribution in [-0.4, -0.2) is 35.2 Å². The Morgan fingerprint density at radius 3 is 2.58 bits per heavy atom. The first-order chi connectivity index (χ1) is 12.4. The van der Waals surface area contributed by atoms with Crippen LogP contribution in [0, 0.1) is 16.0 Å². The van der Waals surface area contributed by atoms with Gasteiger partial charge in [-0.3, -0.25) is 29.9 Å². The van der Waals surface area contributed by atoms with Crippen molar-refractivity contribution in [1.29, 1.82) is 0 Å². The lowest BCUT2D eigenvalue weighted by Gasteiger charge is -2.28. The minimum Gasteiger partial charge on any atom is -0.465 e. The number of nitrogens with zero attached hydrogens (tertiary/aromatic N) is 1. The molecule has 1 aromatic rings. The van der Waals surface area contributed by atoms with Crippen LogP contribution in [-0.2, 0) is 14.3 Å². The molecule has 0 bridgehead atoms. The Balaban J connectivity index is 2.05. The topological polar surface area (TPSA) is 128 Å². The molecular weight excluding hydrogens is 342 g/mol. The molecule has 2 N–H and O–H groups in total. The molecular formula is C17H21N3O6. The fourth-order valence-corrected chi connectivity index (χ4v) is 2.87. The molecule has 1 saturated carbocycles. The molecule has 9 nitrogen and oxygen atoms in total. The van der Waals surface area contributed by atoms with Crippen LogP contribution in [0.5, 0.6) is 0 Å². The molecule has 0 aliphatic heterocycles. The maximum absolute atomic E-state index is 12.2. The van der Waals surface area contributed by atoms with Gasteiger partial charge >= 0.3 is 5.97 Å². The monoisotopic (exact) mass is 363 g/mol. The van der Waals surface area contributed by atoms with E-state index in [2.05, 4.69) is 10.9 Å². The van der Waals surface area contributed by atoms with E-state index in [1.165, 1.54) is 24.3 Å². The molecule has 1 aliphatic carbocycles. The summed E-state index contributed by atoms with van der Waals surface area (Å²) in [5.74, 6) is -1.76. The Kier molecular flexibility index (Phi) is 6.79. The van der Waals surface area contributed by atoms with Gasteiger partial charge in [-0.25, -0.2) is 5.43 Å². The molecule has 1 aliphatic rings. The number of ether oxygens (including phenoxy) is 1. The number of hydrazine groups is 1. The molecule has 140 valence electrons. The van der Waals surface area contributed by atoms with Crippen LogP contribution in [0.2, 0.25) is 0 Å². The first kappa shape index (κ1) is 19.5. The second kappa shape index (κ2) is 9.04. The summed E-state index contributed by atoms with van der Waals surface area (Å²) < 4.78 is 5.01. The number of carbonyl (C=O) groups is 3. The minimum absolute atomic E-state index is 0.0358. The van der Waals surface area contributed by atoms with E-state index < -0.39 is 28.8 Å². The molecule has 26 heavy (non-hydrogen) atoms. The molecule has 0 spiro atoms. The highest BCUT2D eigenvalue weighted by atomic mass is 16.6. The molecule has 2 unspecified atom stereocenters. The zero-order chi connectivity index (χ0) is 19.1. The Labute approximate surface area is 150 Å². The highest BCUT2D eigenvalue weighted by molar-refractivity contribution is 5.94. The lowest BCUT2D eigenvalue weighted by molar-refractivity contribution is -0.384. The van der Waals surface area contributed by atoms with E-state index in [1.807, 2.05) is 0 Å². The van der Waals surface area contributed by atoms with Crippen LogP contribution in [0.3, 0.4) is 0 Å². The summed E-state index contributed by atoms with van der Waals surface area (Å²) in [6.45, 7) is 1.82. The first-order valence-corrected chi connectivity index (χ1v) is 8.43. The number of ketones is 1. The summed E-state index contributed by atoms with van der Waals surface area (Å²) in [6.07, 6.45) is 2.56. The fourth-order valence-electron chi connectivity index (χ4n) is 2.87. The number of esters is 1. The molecule has 9 heteroatoms. The second-order valence-electron chi connectivity index (χ2n) is 5.95. The van der Waals surface area contributed by atoms with E-state index >= 15 is 0 Å². The zero-order valence-electron chi connectivity index (χ0n) is 14.4. The average molecular weight is 363 g/mol. The number of nitro benzene ring substituents is 1. The maximum atomic E-state index is 12.2. The van der Waals surface area contributed by atoms with Crippen LogP contribution in [0.4, 0.5) is 5.69 Å². The van der Waals surface area contributed by atoms with E-state index in [9.17, 15) is 24.5 Å². The van der Waals surface area contributed by atoms with Crippen molar-refractivity contribution in [3.8, 4) is 0 Å². The van der Waals surface area contributed by atoms with Crippen molar-refractivity contribution in [2.45, 2.75) is 38.6 Å². The van der Waals surface area contributed by atoms with Crippen molar-refractivity contribution in [2.24, 2.45) is 5.92 Å². The number of rotatable bonds is 7. The number of non-ortho nitro benzene ring substituents is 1. The minimum atomic E-state index is -0.968. The number of Topliss-reactive ketones (excluding diaryl/α,β-unsaturated/α-hetero) is 1. The third kappa shape index (κ3) is 4.85. The lowest BCUT2D eigenvalue weighted by Crippen LogP contribution is -2.54. The van der Waals surface area contributed by atoms with Gasteiger partial charge in [-0.05, 0) is 31.9 Å². The smallest absolute Gasteiger partial charge is 0.325 e. The van der Waals surface area contributed by atoms with Gasteiger partial charge in [0.1, 0.15) is 11.8 Å². The summed E-state index contributed by atoms with van der Waals surface area (Å²) >= 11 is 0. The van der Waals surface area contributed by atoms with E-state index in [0.29, 0.717) is 12.8 Å². The first-order valence-electron chi connectivity index (χ1n) is 8.43. The number of benzene rings is 1. The van der Waals surface area contributed by atoms with Crippen molar-refractivity contribution in [3.63, 3.8) is 0 Å². The number of hydrogen-bond acceptors (Lipinski definition) is 7. The summed E-state index contributed by atoms with van der Waals surface area (Å²) in [6, 6.07) is 4.07. The summed E-state index contributed by atoms with van der Waals surface area (Å²) in [5, 5.41) is 10.6. The summed E-state index contributed by atoms with van der Waals surface area (Å²) in [7, 11) is 0. The Morgan fingerprint density at radius 2 is 2.00 bits per heavy atom. The van der Waals surface area contributed by atoms with Gasteiger partial charge in [0.05, 0.1) is 11.5 Å². The number of hydrogen-bond donors (Lipinski definition) is 2. The fraction of sp³-hybridized carbons (Fsp3) is 0.471. The van der Waals surface area contributed by atoms with Crippen LogP contribution in [0.15, 0.2) is 24.3 Å². The summed E-state index contributed by atoms with van der Waals surface area (Å²) in [5.41, 5.74) is 5.05. The van der Waals surface area contributed by atoms with Crippen molar-refractivity contribution < 1.29 is 24.0 Å². The molecule has 1 aromatic carbocycles. The molecule has 1 fully saturated rings. The second-order valence-corrected chi connectivity index (χ2v) is 5.95. The Bertz CT molecular complexity index is 688. The number of nitrogens with one attached hydrogen (secondary N) is 2. The van der Waals surface area contributed by atoms with Crippen molar-refractivity contribution >= 4 is 23.3 Å². The predicted molar refractivity (Wildman–Crippen MR) is 91.1 cm³/mol. The molecule has 1 amide bonds. The zero-order valence-corrected chi connectivity index (χ0v) is 14.4. The van der Waals surface area contributed by atoms with E-state index in [-0.39, 0.29) is 23.6 Å². The van der Waals surface area contributed by atoms with Crippen LogP contribution >= 0.6 is 0 Å². The third-order valence-electron chi connectivity index (χ3n) is 4.23. The Hall–Kier alpha value is -2.81. The predicted octanol–water partition coefficient (Wildman–Crippen LogP) is 1.52. The maximum Gasteiger partial charge on any atom is 0.325 e. The lowest BCUT2D eigenvalue weighted by atomic mass is 9.83. The van der Waals surface area contributed by atoms with Gasteiger partial charge in [0.15, 0.2) is 0 Å². The van der Waals surface area contributed by atoms with E-state index in [1.54, 1.807) is 6.92 Å². The normalized spacial score (nSPS) is 18.0. The van der Waals surface area contributed by atoms with Crippen LogP contribution in [0.25, 0.3) is 0 Å². The average Bonchev–Trinajstić information content (AvgIpc) is 2.63. The number of amides is 1. The van der Waals surface area contributed by atoms with Gasteiger partial charge in [-0.2, -0.15) is 0 Å². The quantitative estimate of drug-likeness (QED) is 0.427. The van der Waals surface area contributed by atoms with E-state index in [4.69, 9.17) is 4.74 Å². The van der Waals surface area contributed by atoms with Gasteiger partial charge in [-0.15, -0.1) is 0 Å². The standard InChI is InChI=1S/C17H21N3O6/c1-2-26-17(23)15(13-5-3-4-6-14(13)21)18-19-16(22)11-7-9-12(10-8-11)20(24)25/h7-10,13,15,18H,2-6H2,1H3,(H,19,22). The highest BCUT2D eigenvalue weighted by Crippen LogP contribution is 2.24. The molecule has 2 atom stereocenters. The molecule has 2 rings (SSSR count). The van der Waals surface area contributed by atoms with Gasteiger partial charge in [0.25, 0.3) is 11.6 Å². The van der Waals surface area contributed by atoms with Gasteiger partial charge < -0.3 is 4.74 Å². The van der Waals surface area contributed by atoms with Crippen LogP contribution in [0.1, 0.15) is 43.0 Å². The molecule has 0 radical (unpaired) electrons. The van der Waals surface area contributed by atoms with Crippen molar-refractivity contribution in [3.05, 3.63) is 39.9 Å². The van der Waals surface area contributed by atoms with Gasteiger partial charge in [0, 0.05) is 30.0 Å². The van der Waals surface area contributed by atoms with Gasteiger partial charge in [0.2, 0.25) is 0 Å². The van der Waals surface area contributed by atoms with Crippen molar-refractivity contribution in [1.82, 2.24) is 10.9 Å². The summed E-state index contributed by atoms with van der Waals surface area (Å²) in [4.78, 5) is 46.6. The Morgan fingerprint density at radius 1 is 1.31 bits per heavy atom. The molecule has 0 heterocycles. The van der Waals surface area contributed by atoms with Crippen molar-refractivity contribution in [2.75, 3.05) is 6.61 Å². The highest BCUT2D eigenvalue weighted by Gasteiger charge is 2.36. The number of nitro groups is 1. The van der Waals surface area contributed by atoms with E-state index in [0.717, 1.165) is 12.8 Å². The SMILES string of the molecule is CCOC(=O)C(NNC(=O)c1ccc([N+](=O)[O-])cc1)C1CCCCC1=O. The van der Waals surface area contributed by atoms with Gasteiger partial charge in [-0.1, -0.05) is 6.42 Å². The van der Waals surface area contributed by atoms with Crippen LogP contribution < -0.4 is 10.9 Å². The molecule has 0 aromatic heterocycles. The largest absolute Gasteiger partial charge is 0.465 e. The third-order valence-corrected chi connectivity index (χ3v) is 4.23.